The van der Waals surface area contributed by atoms with Crippen LogP contribution in [-0.2, 0) is 35.1 Å². The van der Waals surface area contributed by atoms with Gasteiger partial charge in [0.05, 0.1) is 25.7 Å². The molecule has 3 N–H and O–H groups in total. The van der Waals surface area contributed by atoms with Gasteiger partial charge in [0.2, 0.25) is 11.8 Å². The molecule has 3 rings (SSSR count). The normalized spacial score (nSPS) is 17.8. The van der Waals surface area contributed by atoms with Gasteiger partial charge in [-0.1, -0.05) is 64.4 Å². The Morgan fingerprint density at radius 2 is 1.73 bits per heavy atom. The van der Waals surface area contributed by atoms with Gasteiger partial charge in [-0.25, -0.2) is 4.98 Å². The highest BCUT2D eigenvalue weighted by atomic mass is 32.1. The van der Waals surface area contributed by atoms with Crippen LogP contribution in [0.4, 0.5) is 0 Å². The predicted octanol–water partition coefficient (Wildman–Crippen LogP) is 3.76. The van der Waals surface area contributed by atoms with Gasteiger partial charge in [0.15, 0.2) is 6.10 Å². The van der Waals surface area contributed by atoms with Crippen LogP contribution in [0.5, 0.6) is 0 Å². The first-order chi connectivity index (χ1) is 24.7. The number of aliphatic hydroxyl groups is 1. The maximum absolute atomic E-state index is 14.0. The molecule has 13 nitrogen and oxygen atoms in total. The molecule has 0 radical (unpaired) electrons. The number of piperidine rings is 1. The number of thiazole rings is 1. The number of aliphatic hydroxyl groups excluding tert-OH is 1. The van der Waals surface area contributed by atoms with Crippen molar-refractivity contribution in [3.05, 3.63) is 52.0 Å². The van der Waals surface area contributed by atoms with Crippen LogP contribution in [0.2, 0.25) is 0 Å². The molecular formula is C38H57N5O8S. The summed E-state index contributed by atoms with van der Waals surface area (Å²) >= 11 is 1.17. The van der Waals surface area contributed by atoms with E-state index in [0.29, 0.717) is 11.4 Å². The fraction of sp³-hybridized carbons (Fsp3) is 0.632. The van der Waals surface area contributed by atoms with Crippen molar-refractivity contribution < 1.29 is 38.6 Å². The SMILES string of the molecule is COC(=O)[C@@H](CO)C[C@H](Cc1ccccc1)NC(=O)c1csc([C@@H](C[C@H](C(C)C)N(C)C(=O)[C@@H](NC(=O)[C@H]2CCCCN2C)C(C)C)OC(C)=O)n1. The molecule has 2 heterocycles. The third-order valence-corrected chi connectivity index (χ3v) is 10.6. The maximum Gasteiger partial charge on any atom is 0.311 e. The molecule has 6 atom stereocenters. The molecule has 1 aliphatic heterocycles. The number of ether oxygens (including phenoxy) is 2. The Balaban J connectivity index is 1.81. The van der Waals surface area contributed by atoms with Crippen molar-refractivity contribution in [3.8, 4) is 0 Å². The largest absolute Gasteiger partial charge is 0.469 e. The highest BCUT2D eigenvalue weighted by Crippen LogP contribution is 2.31. The maximum atomic E-state index is 14.0. The van der Waals surface area contributed by atoms with Gasteiger partial charge < -0.3 is 30.1 Å². The number of nitrogens with one attached hydrogen (secondary N) is 2. The smallest absolute Gasteiger partial charge is 0.311 e. The minimum atomic E-state index is -0.854. The fourth-order valence-corrected chi connectivity index (χ4v) is 7.53. The van der Waals surface area contributed by atoms with E-state index in [1.807, 2.05) is 70.0 Å². The molecule has 0 saturated carbocycles. The van der Waals surface area contributed by atoms with Gasteiger partial charge in [-0.15, -0.1) is 11.3 Å². The van der Waals surface area contributed by atoms with Crippen molar-refractivity contribution in [3.63, 3.8) is 0 Å². The van der Waals surface area contributed by atoms with Crippen molar-refractivity contribution in [2.45, 2.75) is 103 Å². The van der Waals surface area contributed by atoms with Crippen LogP contribution < -0.4 is 10.6 Å². The van der Waals surface area contributed by atoms with Crippen molar-refractivity contribution in [2.24, 2.45) is 17.8 Å². The number of carbonyl (C=O) groups is 5. The van der Waals surface area contributed by atoms with Gasteiger partial charge in [0, 0.05) is 37.9 Å². The molecule has 1 aliphatic rings. The van der Waals surface area contributed by atoms with Crippen LogP contribution in [0, 0.1) is 17.8 Å². The number of nitrogens with zero attached hydrogens (tertiary/aromatic N) is 3. The average molecular weight is 744 g/mol. The van der Waals surface area contributed by atoms with Gasteiger partial charge in [0.25, 0.3) is 5.91 Å². The molecule has 288 valence electrons. The summed E-state index contributed by atoms with van der Waals surface area (Å²) in [6.45, 7) is 9.45. The Kier molecular flexibility index (Phi) is 16.7. The number of amides is 3. The van der Waals surface area contributed by atoms with Crippen molar-refractivity contribution in [1.29, 1.82) is 0 Å². The lowest BCUT2D eigenvalue weighted by atomic mass is 9.94. The number of hydrogen-bond acceptors (Lipinski definition) is 11. The van der Waals surface area contributed by atoms with E-state index >= 15 is 0 Å². The first-order valence-corrected chi connectivity index (χ1v) is 19.0. The number of esters is 2. The Morgan fingerprint density at radius 1 is 1.04 bits per heavy atom. The summed E-state index contributed by atoms with van der Waals surface area (Å²) in [5.41, 5.74) is 1.04. The van der Waals surface area contributed by atoms with Gasteiger partial charge >= 0.3 is 11.9 Å². The van der Waals surface area contributed by atoms with E-state index in [4.69, 9.17) is 9.47 Å². The summed E-state index contributed by atoms with van der Waals surface area (Å²) in [5, 5.41) is 17.8. The Bertz CT molecular complexity index is 1480. The molecule has 0 aliphatic carbocycles. The van der Waals surface area contributed by atoms with E-state index in [1.165, 1.54) is 25.4 Å². The first kappa shape index (κ1) is 42.5. The number of hydrogen-bond donors (Lipinski definition) is 3. The van der Waals surface area contributed by atoms with E-state index in [2.05, 4.69) is 15.6 Å². The molecule has 52 heavy (non-hydrogen) atoms. The number of methoxy groups -OCH3 is 1. The van der Waals surface area contributed by atoms with Crippen LogP contribution in [0.15, 0.2) is 35.7 Å². The van der Waals surface area contributed by atoms with Crippen LogP contribution in [0.25, 0.3) is 0 Å². The molecule has 0 spiro atoms. The van der Waals surface area contributed by atoms with E-state index in [-0.39, 0.29) is 48.2 Å². The molecule has 0 unspecified atom stereocenters. The van der Waals surface area contributed by atoms with E-state index < -0.39 is 54.6 Å². The van der Waals surface area contributed by atoms with Gasteiger partial charge in [-0.05, 0) is 56.7 Å². The lowest BCUT2D eigenvalue weighted by Gasteiger charge is -2.37. The molecule has 1 saturated heterocycles. The highest BCUT2D eigenvalue weighted by Gasteiger charge is 2.37. The quantitative estimate of drug-likeness (QED) is 0.191. The monoisotopic (exact) mass is 743 g/mol. The van der Waals surface area contributed by atoms with Crippen LogP contribution in [0.3, 0.4) is 0 Å². The molecule has 14 heteroatoms. The average Bonchev–Trinajstić information content (AvgIpc) is 3.61. The number of benzene rings is 1. The number of aromatic nitrogens is 1. The van der Waals surface area contributed by atoms with Gasteiger partial charge in [-0.2, -0.15) is 0 Å². The zero-order valence-electron chi connectivity index (χ0n) is 31.8. The molecule has 1 fully saturated rings. The fourth-order valence-electron chi connectivity index (χ4n) is 6.70. The highest BCUT2D eigenvalue weighted by molar-refractivity contribution is 7.09. The summed E-state index contributed by atoms with van der Waals surface area (Å²) < 4.78 is 10.6. The summed E-state index contributed by atoms with van der Waals surface area (Å²) in [4.78, 5) is 73.8. The Morgan fingerprint density at radius 3 is 2.31 bits per heavy atom. The second kappa shape index (κ2) is 20.4. The molecular weight excluding hydrogens is 687 g/mol. The first-order valence-electron chi connectivity index (χ1n) is 18.1. The van der Waals surface area contributed by atoms with Crippen molar-refractivity contribution in [2.75, 3.05) is 34.4 Å². The summed E-state index contributed by atoms with van der Waals surface area (Å²) in [6, 6.07) is 7.50. The van der Waals surface area contributed by atoms with E-state index in [9.17, 15) is 29.1 Å². The van der Waals surface area contributed by atoms with E-state index in [1.54, 1.807) is 17.3 Å². The minimum absolute atomic E-state index is 0.0595. The number of likely N-dealkylation sites (tertiary alicyclic amines) is 1. The molecule has 1 aromatic heterocycles. The number of rotatable bonds is 18. The minimum Gasteiger partial charge on any atom is -0.469 e. The number of likely N-dealkylation sites (N-methyl/N-ethyl adjacent to an activating group) is 2. The predicted molar refractivity (Wildman–Crippen MR) is 198 cm³/mol. The zero-order chi connectivity index (χ0) is 38.5. The Hall–Kier alpha value is -3.88. The summed E-state index contributed by atoms with van der Waals surface area (Å²) in [6.07, 6.45) is 2.65. The van der Waals surface area contributed by atoms with Gasteiger partial charge in [0.1, 0.15) is 16.7 Å². The molecule has 3 amide bonds. The third kappa shape index (κ3) is 12.1. The van der Waals surface area contributed by atoms with Crippen LogP contribution >= 0.6 is 11.3 Å². The zero-order valence-corrected chi connectivity index (χ0v) is 32.6. The van der Waals surface area contributed by atoms with Crippen molar-refractivity contribution in [1.82, 2.24) is 25.4 Å². The lowest BCUT2D eigenvalue weighted by molar-refractivity contribution is -0.149. The molecule has 2 aromatic rings. The van der Waals surface area contributed by atoms with Gasteiger partial charge in [-0.3, -0.25) is 28.9 Å². The molecule has 0 bridgehead atoms. The second-order valence-corrected chi connectivity index (χ2v) is 15.3. The third-order valence-electron chi connectivity index (χ3n) is 9.70. The summed E-state index contributed by atoms with van der Waals surface area (Å²) in [7, 11) is 4.88. The lowest BCUT2D eigenvalue weighted by Crippen LogP contribution is -2.57. The van der Waals surface area contributed by atoms with Crippen LogP contribution in [-0.4, -0.2) is 108 Å². The second-order valence-electron chi connectivity index (χ2n) is 14.4. The molecule has 1 aromatic carbocycles. The van der Waals surface area contributed by atoms with Crippen LogP contribution in [0.1, 0.15) is 93.9 Å². The Labute approximate surface area is 311 Å². The van der Waals surface area contributed by atoms with E-state index in [0.717, 1.165) is 31.4 Å². The topological polar surface area (TPSA) is 167 Å². The summed E-state index contributed by atoms with van der Waals surface area (Å²) in [5.74, 6) is -3.05. The standard InChI is InChI=1S/C38H57N5O8S/c1-23(2)31(43(7)37(48)33(24(3)4)41-35(47)30-16-12-13-17-42(30)6)20-32(51-25(5)45)36-40-29(22-52-36)34(46)39-28(18-26-14-10-9-11-15-26)19-27(21-44)38(49)50-8/h9-11,14-15,22-24,27-28,30-33,44H,12-13,16-21H2,1-8H3,(H,39,46)(H,41,47)/t27-,28+,30-,31-,32-,33+/m1/s1. The number of carbonyl (C=O) groups excluding carboxylic acids is 5. The van der Waals surface area contributed by atoms with Crippen molar-refractivity contribution >= 4 is 41.0 Å².